The molecule has 6 N–H and O–H groups in total. The van der Waals surface area contributed by atoms with Crippen molar-refractivity contribution in [3.05, 3.63) is 53.7 Å². The van der Waals surface area contributed by atoms with Crippen LogP contribution in [0.15, 0.2) is 53.4 Å². The molecule has 1 aromatic heterocycles. The standard InChI is InChI=1S/C18H17ClN6S2/c1-27-14-15(19)24-17(25-16(14)21)10-6-8-11(9-7-10)22-18(26)23-13-5-3-2-4-12(13)20/h2-9H,20H2,1H3,(H2,21,24,25)(H2,22,23,26). The molecule has 0 atom stereocenters. The number of nitrogens with zero attached hydrogens (tertiary/aromatic N) is 2. The van der Waals surface area contributed by atoms with Crippen molar-refractivity contribution in [2.75, 3.05) is 28.4 Å². The Kier molecular flexibility index (Phi) is 6.00. The van der Waals surface area contributed by atoms with E-state index in [1.165, 1.54) is 11.8 Å². The Morgan fingerprint density at radius 3 is 2.37 bits per heavy atom. The zero-order valence-electron chi connectivity index (χ0n) is 14.4. The lowest BCUT2D eigenvalue weighted by Crippen LogP contribution is -2.19. The van der Waals surface area contributed by atoms with Crippen LogP contribution < -0.4 is 22.1 Å². The minimum atomic E-state index is 0.345. The van der Waals surface area contributed by atoms with Gasteiger partial charge in [-0.15, -0.1) is 11.8 Å². The van der Waals surface area contributed by atoms with E-state index in [4.69, 9.17) is 35.3 Å². The van der Waals surface area contributed by atoms with E-state index in [9.17, 15) is 0 Å². The molecule has 2 aromatic carbocycles. The second-order valence-corrected chi connectivity index (χ2v) is 7.08. The lowest BCUT2D eigenvalue weighted by Gasteiger charge is -2.12. The van der Waals surface area contributed by atoms with E-state index in [0.29, 0.717) is 32.5 Å². The first-order valence-electron chi connectivity index (χ1n) is 7.88. The maximum Gasteiger partial charge on any atom is 0.175 e. The molecule has 6 nitrogen and oxygen atoms in total. The smallest absolute Gasteiger partial charge is 0.175 e. The van der Waals surface area contributed by atoms with Gasteiger partial charge in [0, 0.05) is 11.3 Å². The van der Waals surface area contributed by atoms with Crippen LogP contribution in [0.5, 0.6) is 0 Å². The van der Waals surface area contributed by atoms with Crippen molar-refractivity contribution < 1.29 is 0 Å². The Hall–Kier alpha value is -2.55. The zero-order valence-corrected chi connectivity index (χ0v) is 16.8. The van der Waals surface area contributed by atoms with Crippen LogP contribution in [0.4, 0.5) is 22.9 Å². The lowest BCUT2D eigenvalue weighted by atomic mass is 10.2. The maximum atomic E-state index is 6.17. The number of nitrogen functional groups attached to an aromatic ring is 2. The Morgan fingerprint density at radius 1 is 1.04 bits per heavy atom. The summed E-state index contributed by atoms with van der Waals surface area (Å²) in [6.07, 6.45) is 1.88. The molecule has 0 fully saturated rings. The average Bonchev–Trinajstić information content (AvgIpc) is 2.64. The van der Waals surface area contributed by atoms with Crippen molar-refractivity contribution in [1.82, 2.24) is 9.97 Å². The van der Waals surface area contributed by atoms with Crippen LogP contribution >= 0.6 is 35.6 Å². The van der Waals surface area contributed by atoms with Gasteiger partial charge in [-0.2, -0.15) is 0 Å². The second-order valence-electron chi connectivity index (χ2n) is 5.50. The fourth-order valence-electron chi connectivity index (χ4n) is 2.36. The highest BCUT2D eigenvalue weighted by molar-refractivity contribution is 7.98. The van der Waals surface area contributed by atoms with Gasteiger partial charge in [0.1, 0.15) is 11.0 Å². The summed E-state index contributed by atoms with van der Waals surface area (Å²) >= 11 is 12.9. The number of thiocarbonyl (C=S) groups is 1. The summed E-state index contributed by atoms with van der Waals surface area (Å²) in [6.45, 7) is 0. The average molecular weight is 417 g/mol. The fourth-order valence-corrected chi connectivity index (χ4v) is 3.46. The molecule has 0 saturated heterocycles. The number of thioether (sulfide) groups is 1. The van der Waals surface area contributed by atoms with Crippen LogP contribution in [0.3, 0.4) is 0 Å². The van der Waals surface area contributed by atoms with Crippen molar-refractivity contribution in [3.63, 3.8) is 0 Å². The zero-order chi connectivity index (χ0) is 19.4. The first kappa shape index (κ1) is 19.2. The van der Waals surface area contributed by atoms with Crippen LogP contribution in [0, 0.1) is 0 Å². The highest BCUT2D eigenvalue weighted by Gasteiger charge is 2.11. The molecule has 0 aliphatic carbocycles. The minimum absolute atomic E-state index is 0.345. The number of para-hydroxylation sites is 2. The van der Waals surface area contributed by atoms with Gasteiger partial charge in [-0.25, -0.2) is 9.97 Å². The normalized spacial score (nSPS) is 10.4. The van der Waals surface area contributed by atoms with E-state index in [0.717, 1.165) is 16.9 Å². The Morgan fingerprint density at radius 2 is 1.74 bits per heavy atom. The molecule has 0 amide bonds. The molecule has 0 spiro atoms. The van der Waals surface area contributed by atoms with Gasteiger partial charge < -0.3 is 22.1 Å². The SMILES string of the molecule is CSc1c(N)nc(-c2ccc(NC(=S)Nc3ccccc3N)cc2)nc1Cl. The third-order valence-corrected chi connectivity index (χ3v) is 5.06. The number of benzene rings is 2. The molecule has 1 heterocycles. The molecule has 0 aliphatic rings. The molecule has 3 aromatic rings. The minimum Gasteiger partial charge on any atom is -0.397 e. The molecule has 0 unspecified atom stereocenters. The monoisotopic (exact) mass is 416 g/mol. The Labute approximate surface area is 171 Å². The van der Waals surface area contributed by atoms with E-state index < -0.39 is 0 Å². The first-order valence-corrected chi connectivity index (χ1v) is 9.89. The molecule has 3 rings (SSSR count). The molecular weight excluding hydrogens is 400 g/mol. The van der Waals surface area contributed by atoms with Gasteiger partial charge in [0.25, 0.3) is 0 Å². The Balaban J connectivity index is 1.72. The molecule has 0 saturated carbocycles. The van der Waals surface area contributed by atoms with Crippen LogP contribution in [-0.2, 0) is 0 Å². The van der Waals surface area contributed by atoms with Gasteiger partial charge in [-0.1, -0.05) is 23.7 Å². The van der Waals surface area contributed by atoms with Gasteiger partial charge >= 0.3 is 0 Å². The number of aromatic nitrogens is 2. The van der Waals surface area contributed by atoms with Gasteiger partial charge in [-0.05, 0) is 54.9 Å². The molecule has 0 radical (unpaired) electrons. The number of nitrogens with two attached hydrogens (primary N) is 2. The highest BCUT2D eigenvalue weighted by Crippen LogP contribution is 2.31. The molecule has 0 aliphatic heterocycles. The van der Waals surface area contributed by atoms with Gasteiger partial charge in [0.2, 0.25) is 0 Å². The molecular formula is C18H17ClN6S2. The van der Waals surface area contributed by atoms with Crippen LogP contribution in [0.25, 0.3) is 11.4 Å². The molecule has 0 bridgehead atoms. The summed E-state index contributed by atoms with van der Waals surface area (Å²) in [6, 6.07) is 14.9. The third kappa shape index (κ3) is 4.60. The van der Waals surface area contributed by atoms with Crippen molar-refractivity contribution in [2.45, 2.75) is 4.90 Å². The van der Waals surface area contributed by atoms with Crippen molar-refractivity contribution in [2.24, 2.45) is 0 Å². The summed E-state index contributed by atoms with van der Waals surface area (Å²) in [4.78, 5) is 9.31. The van der Waals surface area contributed by atoms with E-state index >= 15 is 0 Å². The number of hydrogen-bond acceptors (Lipinski definition) is 6. The van der Waals surface area contributed by atoms with Crippen LogP contribution in [0.1, 0.15) is 0 Å². The number of halogens is 1. The quantitative estimate of drug-likeness (QED) is 0.213. The largest absolute Gasteiger partial charge is 0.397 e. The van der Waals surface area contributed by atoms with E-state index in [-0.39, 0.29) is 0 Å². The number of anilines is 4. The molecule has 27 heavy (non-hydrogen) atoms. The van der Waals surface area contributed by atoms with Gasteiger partial charge in [0.05, 0.1) is 16.3 Å². The summed E-state index contributed by atoms with van der Waals surface area (Å²) in [5.74, 6) is 0.838. The lowest BCUT2D eigenvalue weighted by molar-refractivity contribution is 1.12. The number of rotatable bonds is 4. The Bertz CT molecular complexity index is 955. The second kappa shape index (κ2) is 8.43. The van der Waals surface area contributed by atoms with Crippen LogP contribution in [0.2, 0.25) is 5.15 Å². The highest BCUT2D eigenvalue weighted by atomic mass is 35.5. The summed E-state index contributed by atoms with van der Waals surface area (Å²) in [7, 11) is 0. The van der Waals surface area contributed by atoms with Crippen molar-refractivity contribution in [3.8, 4) is 11.4 Å². The fraction of sp³-hybridized carbons (Fsp3) is 0.0556. The molecule has 138 valence electrons. The summed E-state index contributed by atoms with van der Waals surface area (Å²) < 4.78 is 0. The topological polar surface area (TPSA) is 102 Å². The van der Waals surface area contributed by atoms with E-state index in [2.05, 4.69) is 20.6 Å². The van der Waals surface area contributed by atoms with E-state index in [1.807, 2.05) is 48.7 Å². The van der Waals surface area contributed by atoms with Gasteiger partial charge in [-0.3, -0.25) is 0 Å². The third-order valence-electron chi connectivity index (χ3n) is 3.66. The van der Waals surface area contributed by atoms with E-state index in [1.54, 1.807) is 6.07 Å². The maximum absolute atomic E-state index is 6.17. The predicted molar refractivity (Wildman–Crippen MR) is 119 cm³/mol. The first-order chi connectivity index (χ1) is 13.0. The van der Waals surface area contributed by atoms with Crippen molar-refractivity contribution >= 4 is 63.6 Å². The summed E-state index contributed by atoms with van der Waals surface area (Å²) in [5, 5.41) is 6.96. The summed E-state index contributed by atoms with van der Waals surface area (Å²) in [5.41, 5.74) is 14.8. The van der Waals surface area contributed by atoms with Crippen molar-refractivity contribution in [1.29, 1.82) is 0 Å². The van der Waals surface area contributed by atoms with Gasteiger partial charge in [0.15, 0.2) is 10.9 Å². The van der Waals surface area contributed by atoms with Crippen LogP contribution in [-0.4, -0.2) is 21.3 Å². The number of hydrogen-bond donors (Lipinski definition) is 4. The predicted octanol–water partition coefficient (Wildman–Crippen LogP) is 4.49. The number of nitrogens with one attached hydrogen (secondary N) is 2. The molecule has 9 heteroatoms.